The number of amides is 1. The maximum absolute atomic E-state index is 12.1. The molecule has 1 N–H and O–H groups in total. The quantitative estimate of drug-likeness (QED) is 0.717. The lowest BCUT2D eigenvalue weighted by Crippen LogP contribution is -2.20. The molecule has 0 spiro atoms. The average Bonchev–Trinajstić information content (AvgIpc) is 2.99. The summed E-state index contributed by atoms with van der Waals surface area (Å²) in [6.07, 6.45) is 0. The van der Waals surface area contributed by atoms with Crippen LogP contribution in [0.4, 0.5) is 5.69 Å². The predicted molar refractivity (Wildman–Crippen MR) is 95.8 cm³/mol. The number of halogens is 2. The Kier molecular flexibility index (Phi) is 4.92. The first-order valence-corrected chi connectivity index (χ1v) is 8.29. The van der Waals surface area contributed by atoms with E-state index in [1.807, 2.05) is 37.3 Å². The lowest BCUT2D eigenvalue weighted by atomic mass is 10.2. The fraction of sp³-hybridized carbons (Fsp3) is 0.125. The Bertz CT molecular complexity index is 896. The first-order chi connectivity index (χ1) is 11.5. The van der Waals surface area contributed by atoms with E-state index in [4.69, 9.17) is 11.6 Å². The van der Waals surface area contributed by atoms with Crippen LogP contribution in [0.1, 0.15) is 5.56 Å². The standard InChI is InChI=1S/C16H13BrClN5O/c1-10-6-7-11(8-13(10)17)19-15(24)9-23-21-16(20-22-23)12-4-2-3-5-14(12)18/h2-8H,9H2,1H3,(H,19,24). The van der Waals surface area contributed by atoms with Crippen molar-refractivity contribution in [2.24, 2.45) is 0 Å². The van der Waals surface area contributed by atoms with Gasteiger partial charge >= 0.3 is 0 Å². The molecule has 0 saturated carbocycles. The minimum absolute atomic E-state index is 0.0387. The second kappa shape index (κ2) is 7.11. The molecule has 0 bridgehead atoms. The van der Waals surface area contributed by atoms with E-state index in [1.54, 1.807) is 12.1 Å². The molecule has 0 radical (unpaired) electrons. The molecular weight excluding hydrogens is 394 g/mol. The molecule has 2 aromatic carbocycles. The highest BCUT2D eigenvalue weighted by molar-refractivity contribution is 9.10. The zero-order valence-corrected chi connectivity index (χ0v) is 15.0. The van der Waals surface area contributed by atoms with Gasteiger partial charge in [0.15, 0.2) is 0 Å². The van der Waals surface area contributed by atoms with Crippen LogP contribution in [0.25, 0.3) is 11.4 Å². The number of anilines is 1. The maximum atomic E-state index is 12.1. The maximum Gasteiger partial charge on any atom is 0.248 e. The van der Waals surface area contributed by atoms with Gasteiger partial charge in [-0.15, -0.1) is 10.2 Å². The van der Waals surface area contributed by atoms with Crippen molar-refractivity contribution in [1.29, 1.82) is 0 Å². The van der Waals surface area contributed by atoms with Crippen molar-refractivity contribution < 1.29 is 4.79 Å². The largest absolute Gasteiger partial charge is 0.324 e. The summed E-state index contributed by atoms with van der Waals surface area (Å²) in [6.45, 7) is 1.94. The third-order valence-corrected chi connectivity index (χ3v) is 4.49. The second-order valence-corrected chi connectivity index (χ2v) is 6.40. The summed E-state index contributed by atoms with van der Waals surface area (Å²) in [5.74, 6) is 0.139. The predicted octanol–water partition coefficient (Wildman–Crippen LogP) is 3.70. The molecule has 0 saturated heterocycles. The summed E-state index contributed by atoms with van der Waals surface area (Å²) in [7, 11) is 0. The molecule has 3 aromatic rings. The van der Waals surface area contributed by atoms with Gasteiger partial charge < -0.3 is 5.32 Å². The fourth-order valence-electron chi connectivity index (χ4n) is 2.06. The Morgan fingerprint density at radius 3 is 2.83 bits per heavy atom. The molecule has 24 heavy (non-hydrogen) atoms. The van der Waals surface area contributed by atoms with Crippen LogP contribution >= 0.6 is 27.5 Å². The third-order valence-electron chi connectivity index (χ3n) is 3.31. The fourth-order valence-corrected chi connectivity index (χ4v) is 2.66. The zero-order valence-electron chi connectivity index (χ0n) is 12.7. The van der Waals surface area contributed by atoms with E-state index in [-0.39, 0.29) is 12.5 Å². The van der Waals surface area contributed by atoms with Gasteiger partial charge in [0.2, 0.25) is 11.7 Å². The van der Waals surface area contributed by atoms with Crippen LogP contribution in [0, 0.1) is 6.92 Å². The summed E-state index contributed by atoms with van der Waals surface area (Å²) < 4.78 is 0.931. The summed E-state index contributed by atoms with van der Waals surface area (Å²) in [5.41, 5.74) is 2.47. The zero-order chi connectivity index (χ0) is 17.1. The Morgan fingerprint density at radius 1 is 1.29 bits per heavy atom. The summed E-state index contributed by atoms with van der Waals surface area (Å²) >= 11 is 9.54. The minimum atomic E-state index is -0.242. The molecule has 0 aliphatic heterocycles. The third kappa shape index (κ3) is 3.80. The van der Waals surface area contributed by atoms with Gasteiger partial charge in [-0.3, -0.25) is 4.79 Å². The van der Waals surface area contributed by atoms with Crippen molar-refractivity contribution in [3.05, 3.63) is 57.5 Å². The van der Waals surface area contributed by atoms with Crippen molar-refractivity contribution in [2.45, 2.75) is 13.5 Å². The molecule has 1 heterocycles. The summed E-state index contributed by atoms with van der Waals surface area (Å²) in [6, 6.07) is 12.8. The Hall–Kier alpha value is -2.25. The molecule has 0 atom stereocenters. The van der Waals surface area contributed by atoms with Gasteiger partial charge in [-0.25, -0.2) is 0 Å². The van der Waals surface area contributed by atoms with E-state index in [0.29, 0.717) is 22.1 Å². The van der Waals surface area contributed by atoms with Gasteiger partial charge in [-0.05, 0) is 42.0 Å². The monoisotopic (exact) mass is 405 g/mol. The number of hydrogen-bond acceptors (Lipinski definition) is 4. The number of carbonyl (C=O) groups excluding carboxylic acids is 1. The Balaban J connectivity index is 1.69. The van der Waals surface area contributed by atoms with Crippen LogP contribution in [-0.4, -0.2) is 26.1 Å². The van der Waals surface area contributed by atoms with Crippen molar-refractivity contribution >= 4 is 39.1 Å². The molecule has 1 amide bonds. The normalized spacial score (nSPS) is 10.6. The highest BCUT2D eigenvalue weighted by atomic mass is 79.9. The molecule has 122 valence electrons. The molecule has 3 rings (SSSR count). The van der Waals surface area contributed by atoms with Gasteiger partial charge in [0.1, 0.15) is 6.54 Å². The van der Waals surface area contributed by atoms with E-state index in [9.17, 15) is 4.79 Å². The van der Waals surface area contributed by atoms with Crippen LogP contribution in [-0.2, 0) is 11.3 Å². The molecule has 0 aliphatic carbocycles. The number of nitrogens with zero attached hydrogens (tertiary/aromatic N) is 4. The minimum Gasteiger partial charge on any atom is -0.324 e. The lowest BCUT2D eigenvalue weighted by Gasteiger charge is -2.06. The number of aromatic nitrogens is 4. The second-order valence-electron chi connectivity index (χ2n) is 5.14. The number of hydrogen-bond donors (Lipinski definition) is 1. The molecule has 0 fully saturated rings. The molecule has 6 nitrogen and oxygen atoms in total. The number of tetrazole rings is 1. The lowest BCUT2D eigenvalue weighted by molar-refractivity contribution is -0.117. The highest BCUT2D eigenvalue weighted by Gasteiger charge is 2.12. The van der Waals surface area contributed by atoms with Gasteiger partial charge in [0.25, 0.3) is 0 Å². The average molecular weight is 407 g/mol. The van der Waals surface area contributed by atoms with E-state index >= 15 is 0 Å². The van der Waals surface area contributed by atoms with Crippen molar-refractivity contribution in [3.8, 4) is 11.4 Å². The van der Waals surface area contributed by atoms with E-state index in [0.717, 1.165) is 10.0 Å². The molecular formula is C16H13BrClN5O. The molecule has 0 unspecified atom stereocenters. The SMILES string of the molecule is Cc1ccc(NC(=O)Cn2nnc(-c3ccccc3Cl)n2)cc1Br. The Labute approximate surface area is 152 Å². The van der Waals surface area contributed by atoms with Gasteiger partial charge in [-0.1, -0.05) is 45.7 Å². The first kappa shape index (κ1) is 16.6. The number of benzene rings is 2. The highest BCUT2D eigenvalue weighted by Crippen LogP contribution is 2.23. The number of aryl methyl sites for hydroxylation is 1. The number of carbonyl (C=O) groups is 1. The van der Waals surface area contributed by atoms with Crippen molar-refractivity contribution in [3.63, 3.8) is 0 Å². The van der Waals surface area contributed by atoms with Crippen LogP contribution < -0.4 is 5.32 Å². The number of nitrogens with one attached hydrogen (secondary N) is 1. The van der Waals surface area contributed by atoms with Crippen LogP contribution in [0.2, 0.25) is 5.02 Å². The molecule has 8 heteroatoms. The van der Waals surface area contributed by atoms with Crippen LogP contribution in [0.3, 0.4) is 0 Å². The first-order valence-electron chi connectivity index (χ1n) is 7.11. The summed E-state index contributed by atoms with van der Waals surface area (Å²) in [4.78, 5) is 13.3. The Morgan fingerprint density at radius 2 is 2.08 bits per heavy atom. The van der Waals surface area contributed by atoms with Crippen molar-refractivity contribution in [1.82, 2.24) is 20.2 Å². The van der Waals surface area contributed by atoms with E-state index in [2.05, 4.69) is 36.7 Å². The molecule has 0 aliphatic rings. The van der Waals surface area contributed by atoms with Crippen molar-refractivity contribution in [2.75, 3.05) is 5.32 Å². The number of rotatable bonds is 4. The summed E-state index contributed by atoms with van der Waals surface area (Å²) in [5, 5.41) is 15.4. The van der Waals surface area contributed by atoms with Gasteiger partial charge in [0, 0.05) is 15.7 Å². The smallest absolute Gasteiger partial charge is 0.248 e. The molecule has 1 aromatic heterocycles. The van der Waals surface area contributed by atoms with Gasteiger partial charge in [-0.2, -0.15) is 4.80 Å². The topological polar surface area (TPSA) is 72.7 Å². The van der Waals surface area contributed by atoms with Crippen LogP contribution in [0.5, 0.6) is 0 Å². The van der Waals surface area contributed by atoms with Gasteiger partial charge in [0.05, 0.1) is 5.02 Å². The van der Waals surface area contributed by atoms with Crippen LogP contribution in [0.15, 0.2) is 46.9 Å². The van der Waals surface area contributed by atoms with E-state index in [1.165, 1.54) is 4.80 Å². The van der Waals surface area contributed by atoms with E-state index < -0.39 is 0 Å².